The number of carbonyl (C=O) groups is 1. The lowest BCUT2D eigenvalue weighted by molar-refractivity contribution is 0.0923. The largest absolute Gasteiger partial charge is 0.342 e. The second-order valence-corrected chi connectivity index (χ2v) is 5.45. The lowest BCUT2D eigenvalue weighted by Crippen LogP contribution is -2.33. The van der Waals surface area contributed by atoms with Gasteiger partial charge in [0.25, 0.3) is 5.91 Å². The Kier molecular flexibility index (Phi) is 4.23. The van der Waals surface area contributed by atoms with Gasteiger partial charge in [0.05, 0.1) is 24.6 Å². The molecule has 118 valence electrons. The summed E-state index contributed by atoms with van der Waals surface area (Å²) in [6.45, 7) is 2.40. The van der Waals surface area contributed by atoms with Gasteiger partial charge >= 0.3 is 0 Å². The van der Waals surface area contributed by atoms with Crippen LogP contribution in [0.1, 0.15) is 27.8 Å². The molecular weight excluding hydrogens is 290 g/mol. The summed E-state index contributed by atoms with van der Waals surface area (Å²) >= 11 is 0. The molecule has 6 nitrogen and oxygen atoms in total. The topological polar surface area (TPSA) is 64.7 Å². The third-order valence-corrected chi connectivity index (χ3v) is 3.77. The first kappa shape index (κ1) is 15.0. The molecule has 3 aromatic rings. The number of amides is 1. The van der Waals surface area contributed by atoms with Crippen LogP contribution in [0, 0.1) is 6.92 Å². The number of nitrogens with one attached hydrogen (secondary N) is 1. The molecular formula is C17H19N5O. The normalized spacial score (nSPS) is 12.1. The molecule has 0 bridgehead atoms. The number of hydrogen-bond donors (Lipinski definition) is 1. The molecule has 23 heavy (non-hydrogen) atoms. The molecule has 0 saturated heterocycles. The zero-order valence-corrected chi connectivity index (χ0v) is 13.2. The predicted octanol–water partition coefficient (Wildman–Crippen LogP) is 2.10. The van der Waals surface area contributed by atoms with E-state index in [1.165, 1.54) is 0 Å². The van der Waals surface area contributed by atoms with Gasteiger partial charge in [0.2, 0.25) is 0 Å². The number of carbonyl (C=O) groups excluding carboxylic acids is 1. The summed E-state index contributed by atoms with van der Waals surface area (Å²) in [4.78, 5) is 16.8. The smallest absolute Gasteiger partial charge is 0.270 e. The fraction of sp³-hybridized carbons (Fsp3) is 0.235. The minimum atomic E-state index is -0.169. The fourth-order valence-corrected chi connectivity index (χ4v) is 2.61. The van der Waals surface area contributed by atoms with Crippen LogP contribution in [0.5, 0.6) is 0 Å². The number of imidazole rings is 1. The van der Waals surface area contributed by atoms with Gasteiger partial charge in [0.15, 0.2) is 0 Å². The van der Waals surface area contributed by atoms with Crippen molar-refractivity contribution >= 4 is 5.91 Å². The number of hydrogen-bond acceptors (Lipinski definition) is 3. The summed E-state index contributed by atoms with van der Waals surface area (Å²) < 4.78 is 3.55. The first-order chi connectivity index (χ1) is 11.1. The van der Waals surface area contributed by atoms with Crippen molar-refractivity contribution in [3.63, 3.8) is 0 Å². The third kappa shape index (κ3) is 3.31. The SMILES string of the molecule is Cc1ncn(C)c1C(=O)N[C@H](Cn1cccn1)c1ccccc1. The van der Waals surface area contributed by atoms with E-state index < -0.39 is 0 Å². The van der Waals surface area contributed by atoms with Crippen molar-refractivity contribution in [2.75, 3.05) is 0 Å². The lowest BCUT2D eigenvalue weighted by atomic mass is 10.1. The Morgan fingerprint density at radius 1 is 1.26 bits per heavy atom. The van der Waals surface area contributed by atoms with E-state index in [0.717, 1.165) is 11.3 Å². The number of rotatable bonds is 5. The molecule has 0 fully saturated rings. The quantitative estimate of drug-likeness (QED) is 0.785. The molecule has 3 rings (SSSR count). The highest BCUT2D eigenvalue weighted by Gasteiger charge is 2.20. The van der Waals surface area contributed by atoms with Crippen molar-refractivity contribution in [2.24, 2.45) is 7.05 Å². The summed E-state index contributed by atoms with van der Waals surface area (Å²) in [7, 11) is 1.82. The minimum Gasteiger partial charge on any atom is -0.342 e. The second-order valence-electron chi connectivity index (χ2n) is 5.45. The van der Waals surface area contributed by atoms with Crippen molar-refractivity contribution in [1.82, 2.24) is 24.6 Å². The van der Waals surface area contributed by atoms with E-state index in [0.29, 0.717) is 12.2 Å². The highest BCUT2D eigenvalue weighted by molar-refractivity contribution is 5.93. The average molecular weight is 309 g/mol. The molecule has 2 aromatic heterocycles. The maximum atomic E-state index is 12.7. The van der Waals surface area contributed by atoms with E-state index in [1.54, 1.807) is 17.1 Å². The van der Waals surface area contributed by atoms with Crippen LogP contribution in [-0.2, 0) is 13.6 Å². The standard InChI is InChI=1S/C17H19N5O/c1-13-16(21(2)12-18-13)17(23)20-15(11-22-10-6-9-19-22)14-7-4-3-5-8-14/h3-10,12,15H,11H2,1-2H3,(H,20,23)/t15-/m1/s1. The van der Waals surface area contributed by atoms with E-state index >= 15 is 0 Å². The van der Waals surface area contributed by atoms with Crippen LogP contribution in [0.4, 0.5) is 0 Å². The number of nitrogens with zero attached hydrogens (tertiary/aromatic N) is 4. The van der Waals surface area contributed by atoms with Gasteiger partial charge in [0, 0.05) is 19.4 Å². The Morgan fingerprint density at radius 2 is 2.04 bits per heavy atom. The maximum Gasteiger partial charge on any atom is 0.270 e. The minimum absolute atomic E-state index is 0.136. The van der Waals surface area contributed by atoms with Gasteiger partial charge in [-0.3, -0.25) is 9.48 Å². The molecule has 2 heterocycles. The molecule has 0 aliphatic rings. The second kappa shape index (κ2) is 6.48. The molecule has 0 saturated carbocycles. The zero-order chi connectivity index (χ0) is 16.2. The third-order valence-electron chi connectivity index (χ3n) is 3.77. The van der Waals surface area contributed by atoms with Crippen LogP contribution >= 0.6 is 0 Å². The summed E-state index contributed by atoms with van der Waals surface area (Å²) in [6.07, 6.45) is 5.27. The van der Waals surface area contributed by atoms with Gasteiger partial charge in [-0.15, -0.1) is 0 Å². The van der Waals surface area contributed by atoms with E-state index in [4.69, 9.17) is 0 Å². The molecule has 0 aliphatic carbocycles. The number of aryl methyl sites for hydroxylation is 2. The monoisotopic (exact) mass is 309 g/mol. The summed E-state index contributed by atoms with van der Waals surface area (Å²) in [5.41, 5.74) is 2.33. The molecule has 1 N–H and O–H groups in total. The molecule has 0 spiro atoms. The van der Waals surface area contributed by atoms with Gasteiger partial charge in [-0.2, -0.15) is 5.10 Å². The molecule has 1 aromatic carbocycles. The molecule has 1 atom stereocenters. The van der Waals surface area contributed by atoms with Crippen LogP contribution < -0.4 is 5.32 Å². The van der Waals surface area contributed by atoms with E-state index in [9.17, 15) is 4.79 Å². The molecule has 6 heteroatoms. The predicted molar refractivity (Wildman–Crippen MR) is 86.8 cm³/mol. The zero-order valence-electron chi connectivity index (χ0n) is 13.2. The Labute approximate surface area is 134 Å². The van der Waals surface area contributed by atoms with Gasteiger partial charge in [0.1, 0.15) is 5.69 Å². The number of aromatic nitrogens is 4. The van der Waals surface area contributed by atoms with Crippen LogP contribution in [0.3, 0.4) is 0 Å². The first-order valence-electron chi connectivity index (χ1n) is 7.46. The van der Waals surface area contributed by atoms with E-state index in [2.05, 4.69) is 15.4 Å². The Bertz CT molecular complexity index is 757. The van der Waals surface area contributed by atoms with Crippen LogP contribution in [0.25, 0.3) is 0 Å². The van der Waals surface area contributed by atoms with Gasteiger partial charge in [-0.05, 0) is 18.6 Å². The van der Waals surface area contributed by atoms with Gasteiger partial charge < -0.3 is 9.88 Å². The van der Waals surface area contributed by atoms with Crippen molar-refractivity contribution in [3.8, 4) is 0 Å². The van der Waals surface area contributed by atoms with Crippen LogP contribution in [0.2, 0.25) is 0 Å². The van der Waals surface area contributed by atoms with Crippen molar-refractivity contribution in [3.05, 3.63) is 72.1 Å². The highest BCUT2D eigenvalue weighted by Crippen LogP contribution is 2.16. The number of benzene rings is 1. The first-order valence-corrected chi connectivity index (χ1v) is 7.46. The lowest BCUT2D eigenvalue weighted by Gasteiger charge is -2.19. The van der Waals surface area contributed by atoms with Crippen molar-refractivity contribution in [2.45, 2.75) is 19.5 Å². The molecule has 1 amide bonds. The van der Waals surface area contributed by atoms with E-state index in [1.807, 2.05) is 61.2 Å². The maximum absolute atomic E-state index is 12.7. The molecule has 0 radical (unpaired) electrons. The molecule has 0 aliphatic heterocycles. The Balaban J connectivity index is 1.85. The van der Waals surface area contributed by atoms with Crippen molar-refractivity contribution < 1.29 is 4.79 Å². The van der Waals surface area contributed by atoms with E-state index in [-0.39, 0.29) is 11.9 Å². The Morgan fingerprint density at radius 3 is 2.65 bits per heavy atom. The average Bonchev–Trinajstić information content (AvgIpc) is 3.17. The van der Waals surface area contributed by atoms with Gasteiger partial charge in [-0.25, -0.2) is 4.98 Å². The highest BCUT2D eigenvalue weighted by atomic mass is 16.2. The van der Waals surface area contributed by atoms with Gasteiger partial charge in [-0.1, -0.05) is 30.3 Å². The summed E-state index contributed by atoms with van der Waals surface area (Å²) in [5, 5.41) is 7.33. The Hall–Kier alpha value is -2.89. The molecule has 0 unspecified atom stereocenters. The fourth-order valence-electron chi connectivity index (χ4n) is 2.61. The van der Waals surface area contributed by atoms with Crippen molar-refractivity contribution in [1.29, 1.82) is 0 Å². The summed E-state index contributed by atoms with van der Waals surface area (Å²) in [5.74, 6) is -0.136. The van der Waals surface area contributed by atoms with Crippen LogP contribution in [-0.4, -0.2) is 25.2 Å². The summed E-state index contributed by atoms with van der Waals surface area (Å²) in [6, 6.07) is 11.6. The van der Waals surface area contributed by atoms with Crippen LogP contribution in [0.15, 0.2) is 55.1 Å².